The van der Waals surface area contributed by atoms with Gasteiger partial charge in [0.15, 0.2) is 0 Å². The number of benzene rings is 1. The second kappa shape index (κ2) is 7.82. The zero-order chi connectivity index (χ0) is 11.8. The molecular formula is C13H19BrO2. The van der Waals surface area contributed by atoms with E-state index in [1.54, 1.807) is 7.11 Å². The summed E-state index contributed by atoms with van der Waals surface area (Å²) >= 11 is 3.50. The van der Waals surface area contributed by atoms with E-state index >= 15 is 0 Å². The van der Waals surface area contributed by atoms with Gasteiger partial charge in [-0.1, -0.05) is 40.2 Å². The molecule has 1 rings (SSSR count). The third-order valence-electron chi connectivity index (χ3n) is 2.49. The highest BCUT2D eigenvalue weighted by Gasteiger charge is 2.12. The Kier molecular flexibility index (Phi) is 6.69. The molecule has 2 nitrogen and oxygen atoms in total. The number of rotatable bonds is 7. The number of aryl methyl sites for hydroxylation is 1. The van der Waals surface area contributed by atoms with Crippen molar-refractivity contribution in [3.8, 4) is 0 Å². The molecule has 0 aliphatic heterocycles. The van der Waals surface area contributed by atoms with E-state index in [1.807, 2.05) is 0 Å². The molecule has 0 bridgehead atoms. The van der Waals surface area contributed by atoms with Crippen LogP contribution in [-0.4, -0.2) is 25.7 Å². The molecule has 0 spiro atoms. The third-order valence-corrected chi connectivity index (χ3v) is 3.08. The number of alkyl halides is 1. The maximum Gasteiger partial charge on any atom is 0.0924 e. The van der Waals surface area contributed by atoms with Crippen LogP contribution in [0, 0.1) is 6.92 Å². The lowest BCUT2D eigenvalue weighted by Crippen LogP contribution is -2.09. The quantitative estimate of drug-likeness (QED) is 0.564. The molecule has 90 valence electrons. The molecule has 0 saturated heterocycles. The van der Waals surface area contributed by atoms with Crippen LogP contribution in [0.3, 0.4) is 0 Å². The van der Waals surface area contributed by atoms with Gasteiger partial charge in [0.1, 0.15) is 0 Å². The van der Waals surface area contributed by atoms with Gasteiger partial charge >= 0.3 is 0 Å². The highest BCUT2D eigenvalue weighted by atomic mass is 79.9. The van der Waals surface area contributed by atoms with E-state index in [-0.39, 0.29) is 6.10 Å². The lowest BCUT2D eigenvalue weighted by Gasteiger charge is -2.17. The maximum atomic E-state index is 5.83. The third kappa shape index (κ3) is 4.24. The molecule has 0 amide bonds. The summed E-state index contributed by atoms with van der Waals surface area (Å²) in [5, 5.41) is 0.824. The standard InChI is InChI=1S/C13H19BrO2/c1-11-6-3-4-7-12(11)13(10-14)16-9-5-8-15-2/h3-4,6-7,13H,5,8-10H2,1-2H3. The molecule has 0 heterocycles. The van der Waals surface area contributed by atoms with Gasteiger partial charge in [-0.05, 0) is 24.5 Å². The lowest BCUT2D eigenvalue weighted by atomic mass is 10.0. The smallest absolute Gasteiger partial charge is 0.0924 e. The molecule has 0 aliphatic carbocycles. The zero-order valence-corrected chi connectivity index (χ0v) is 11.5. The Balaban J connectivity index is 2.51. The summed E-state index contributed by atoms with van der Waals surface area (Å²) in [4.78, 5) is 0. The largest absolute Gasteiger partial charge is 0.385 e. The Labute approximate surface area is 106 Å². The van der Waals surface area contributed by atoms with Gasteiger partial charge in [-0.25, -0.2) is 0 Å². The summed E-state index contributed by atoms with van der Waals surface area (Å²) < 4.78 is 10.8. The minimum atomic E-state index is 0.137. The van der Waals surface area contributed by atoms with Crippen LogP contribution in [0.5, 0.6) is 0 Å². The molecule has 0 aliphatic rings. The molecule has 1 unspecified atom stereocenters. The van der Waals surface area contributed by atoms with Crippen LogP contribution in [0.1, 0.15) is 23.7 Å². The Morgan fingerprint density at radius 3 is 2.62 bits per heavy atom. The molecule has 0 radical (unpaired) electrons. The predicted octanol–water partition coefficient (Wildman–Crippen LogP) is 3.48. The molecule has 1 aromatic rings. The highest BCUT2D eigenvalue weighted by Crippen LogP contribution is 2.23. The van der Waals surface area contributed by atoms with Crippen molar-refractivity contribution in [2.75, 3.05) is 25.7 Å². The van der Waals surface area contributed by atoms with Crippen LogP contribution in [-0.2, 0) is 9.47 Å². The van der Waals surface area contributed by atoms with E-state index < -0.39 is 0 Å². The fraction of sp³-hybridized carbons (Fsp3) is 0.538. The first-order valence-corrected chi connectivity index (χ1v) is 6.63. The molecule has 3 heteroatoms. The van der Waals surface area contributed by atoms with Gasteiger partial charge in [0.2, 0.25) is 0 Å². The summed E-state index contributed by atoms with van der Waals surface area (Å²) in [6, 6.07) is 8.34. The van der Waals surface area contributed by atoms with Crippen molar-refractivity contribution in [2.45, 2.75) is 19.4 Å². The van der Waals surface area contributed by atoms with Gasteiger partial charge in [0.05, 0.1) is 6.10 Å². The zero-order valence-electron chi connectivity index (χ0n) is 9.91. The van der Waals surface area contributed by atoms with Gasteiger partial charge in [0, 0.05) is 25.7 Å². The SMILES string of the molecule is COCCCOC(CBr)c1ccccc1C. The first-order chi connectivity index (χ1) is 7.79. The molecule has 0 fully saturated rings. The van der Waals surface area contributed by atoms with Crippen LogP contribution < -0.4 is 0 Å². The minimum absolute atomic E-state index is 0.137. The van der Waals surface area contributed by atoms with Crippen molar-refractivity contribution in [1.82, 2.24) is 0 Å². The second-order valence-electron chi connectivity index (χ2n) is 3.72. The average molecular weight is 287 g/mol. The fourth-order valence-corrected chi connectivity index (χ4v) is 2.13. The van der Waals surface area contributed by atoms with Crippen molar-refractivity contribution >= 4 is 15.9 Å². The predicted molar refractivity (Wildman–Crippen MR) is 70.2 cm³/mol. The Morgan fingerprint density at radius 1 is 1.25 bits per heavy atom. The van der Waals surface area contributed by atoms with Crippen molar-refractivity contribution in [1.29, 1.82) is 0 Å². The van der Waals surface area contributed by atoms with E-state index in [0.717, 1.165) is 25.0 Å². The van der Waals surface area contributed by atoms with Crippen molar-refractivity contribution < 1.29 is 9.47 Å². The molecule has 16 heavy (non-hydrogen) atoms. The number of hydrogen-bond acceptors (Lipinski definition) is 2. The summed E-state index contributed by atoms with van der Waals surface area (Å²) in [7, 11) is 1.71. The Morgan fingerprint density at radius 2 is 2.00 bits per heavy atom. The highest BCUT2D eigenvalue weighted by molar-refractivity contribution is 9.09. The molecule has 1 aromatic carbocycles. The summed E-state index contributed by atoms with van der Waals surface area (Å²) in [6.45, 7) is 3.60. The summed E-state index contributed by atoms with van der Waals surface area (Å²) in [5.41, 5.74) is 2.54. The molecule has 0 N–H and O–H groups in total. The molecule has 1 atom stereocenters. The van der Waals surface area contributed by atoms with Crippen molar-refractivity contribution in [3.05, 3.63) is 35.4 Å². The Hall–Kier alpha value is -0.380. The number of methoxy groups -OCH3 is 1. The van der Waals surface area contributed by atoms with Crippen LogP contribution in [0.2, 0.25) is 0 Å². The number of ether oxygens (including phenoxy) is 2. The van der Waals surface area contributed by atoms with Crippen molar-refractivity contribution in [3.63, 3.8) is 0 Å². The number of halogens is 1. The summed E-state index contributed by atoms with van der Waals surface area (Å²) in [5.74, 6) is 0. The minimum Gasteiger partial charge on any atom is -0.385 e. The van der Waals surface area contributed by atoms with Crippen LogP contribution in [0.4, 0.5) is 0 Å². The van der Waals surface area contributed by atoms with Crippen LogP contribution in [0.15, 0.2) is 24.3 Å². The second-order valence-corrected chi connectivity index (χ2v) is 4.36. The van der Waals surface area contributed by atoms with Gasteiger partial charge in [0.25, 0.3) is 0 Å². The first kappa shape index (κ1) is 13.7. The van der Waals surface area contributed by atoms with E-state index in [2.05, 4.69) is 47.1 Å². The van der Waals surface area contributed by atoms with Gasteiger partial charge in [-0.3, -0.25) is 0 Å². The first-order valence-electron chi connectivity index (χ1n) is 5.51. The molecule has 0 aromatic heterocycles. The average Bonchev–Trinajstić information content (AvgIpc) is 2.31. The van der Waals surface area contributed by atoms with E-state index in [0.29, 0.717) is 0 Å². The van der Waals surface area contributed by atoms with Crippen LogP contribution >= 0.6 is 15.9 Å². The fourth-order valence-electron chi connectivity index (χ4n) is 1.59. The molecule has 0 saturated carbocycles. The van der Waals surface area contributed by atoms with E-state index in [1.165, 1.54) is 11.1 Å². The maximum absolute atomic E-state index is 5.83. The normalized spacial score (nSPS) is 12.7. The van der Waals surface area contributed by atoms with Gasteiger partial charge in [-0.15, -0.1) is 0 Å². The van der Waals surface area contributed by atoms with Crippen molar-refractivity contribution in [2.24, 2.45) is 0 Å². The van der Waals surface area contributed by atoms with Crippen LogP contribution in [0.25, 0.3) is 0 Å². The van der Waals surface area contributed by atoms with E-state index in [4.69, 9.17) is 9.47 Å². The lowest BCUT2D eigenvalue weighted by molar-refractivity contribution is 0.0529. The topological polar surface area (TPSA) is 18.5 Å². The van der Waals surface area contributed by atoms with Gasteiger partial charge < -0.3 is 9.47 Å². The monoisotopic (exact) mass is 286 g/mol. The molecular weight excluding hydrogens is 268 g/mol. The van der Waals surface area contributed by atoms with E-state index in [9.17, 15) is 0 Å². The Bertz CT molecular complexity index is 302. The summed E-state index contributed by atoms with van der Waals surface area (Å²) in [6.07, 6.45) is 1.07. The number of hydrogen-bond donors (Lipinski definition) is 0. The van der Waals surface area contributed by atoms with Gasteiger partial charge in [-0.2, -0.15) is 0 Å².